The lowest BCUT2D eigenvalue weighted by molar-refractivity contribution is -0.149. The third kappa shape index (κ3) is 6.91. The third-order valence-corrected chi connectivity index (χ3v) is 8.08. The molecule has 0 aliphatic carbocycles. The van der Waals surface area contributed by atoms with E-state index < -0.39 is 60.5 Å². The van der Waals surface area contributed by atoms with Crippen LogP contribution in [-0.2, 0) is 30.6 Å². The predicted octanol–water partition coefficient (Wildman–Crippen LogP) is 1.06. The molecule has 6 atom stereocenters. The number of nitrogens with zero attached hydrogens (tertiary/aromatic N) is 1. The van der Waals surface area contributed by atoms with Crippen molar-refractivity contribution in [2.45, 2.75) is 57.0 Å². The number of hydrogen-bond donors (Lipinski definition) is 4. The van der Waals surface area contributed by atoms with Crippen LogP contribution in [0.15, 0.2) is 46.1 Å². The maximum absolute atomic E-state index is 12.4. The number of esters is 1. The lowest BCUT2D eigenvalue weighted by Gasteiger charge is -2.28. The molecule has 6 unspecified atom stereocenters. The van der Waals surface area contributed by atoms with Crippen molar-refractivity contribution in [1.82, 2.24) is 14.6 Å². The zero-order chi connectivity index (χ0) is 28.3. The van der Waals surface area contributed by atoms with Crippen molar-refractivity contribution in [3.63, 3.8) is 0 Å². The smallest absolute Gasteiger partial charge is 0.330 e. The summed E-state index contributed by atoms with van der Waals surface area (Å²) in [6, 6.07) is 6.30. The fourth-order valence-corrected chi connectivity index (χ4v) is 6.01. The Hall–Kier alpha value is -2.53. The van der Waals surface area contributed by atoms with E-state index in [4.69, 9.17) is 48.4 Å². The molecule has 2 heterocycles. The number of nitrogens with one attached hydrogen (secondary N) is 2. The second-order valence-electron chi connectivity index (χ2n) is 8.63. The van der Waals surface area contributed by atoms with Gasteiger partial charge >= 0.3 is 18.3 Å². The van der Waals surface area contributed by atoms with Gasteiger partial charge in [-0.3, -0.25) is 19.1 Å². The molecule has 0 spiro atoms. The van der Waals surface area contributed by atoms with Crippen molar-refractivity contribution in [2.75, 3.05) is 6.61 Å². The van der Waals surface area contributed by atoms with Crippen LogP contribution in [0.5, 0.6) is 5.75 Å². The van der Waals surface area contributed by atoms with Crippen LogP contribution in [0.3, 0.4) is 0 Å². The van der Waals surface area contributed by atoms with E-state index in [1.165, 1.54) is 6.92 Å². The molecule has 1 aromatic heterocycles. The lowest BCUT2D eigenvalue weighted by atomic mass is 9.95. The average Bonchev–Trinajstić information content (AvgIpc) is 3.09. The highest BCUT2D eigenvalue weighted by molar-refractivity contribution is 8.09. The van der Waals surface area contributed by atoms with Crippen LogP contribution in [0.4, 0.5) is 0 Å². The number of H-pyrrole nitrogens is 1. The highest BCUT2D eigenvalue weighted by Crippen LogP contribution is 2.47. The monoisotopic (exact) mass is 587 g/mol. The van der Waals surface area contributed by atoms with Crippen LogP contribution in [-0.4, -0.2) is 62.3 Å². The first-order valence-corrected chi connectivity index (χ1v) is 14.3. The Morgan fingerprint density at radius 2 is 2.00 bits per heavy atom. The van der Waals surface area contributed by atoms with Gasteiger partial charge in [0, 0.05) is 17.3 Å². The first-order valence-electron chi connectivity index (χ1n) is 11.3. The quantitative estimate of drug-likeness (QED) is 0.179. The van der Waals surface area contributed by atoms with Gasteiger partial charge in [0.05, 0.1) is 12.7 Å². The highest BCUT2D eigenvalue weighted by Gasteiger charge is 2.56. The van der Waals surface area contributed by atoms with E-state index in [0.29, 0.717) is 5.02 Å². The number of aromatic nitrogens is 2. The summed E-state index contributed by atoms with van der Waals surface area (Å²) < 4.78 is 23.5. The minimum atomic E-state index is -3.55. The van der Waals surface area contributed by atoms with E-state index in [-0.39, 0.29) is 11.9 Å². The van der Waals surface area contributed by atoms with Crippen LogP contribution in [0, 0.1) is 12.3 Å². The topological polar surface area (TPSA) is 161 Å². The summed E-state index contributed by atoms with van der Waals surface area (Å²) in [6.07, 6.45) is 1.58. The molecule has 1 aromatic carbocycles. The van der Waals surface area contributed by atoms with E-state index in [2.05, 4.69) is 11.0 Å². The summed E-state index contributed by atoms with van der Waals surface area (Å²) >= 11 is 11.6. The number of terminal acetylenes is 1. The van der Waals surface area contributed by atoms with Crippen molar-refractivity contribution in [2.24, 2.45) is 0 Å². The number of rotatable bonds is 10. The Labute approximate surface area is 228 Å². The molecule has 206 valence electrons. The molecule has 0 bridgehead atoms. The molecule has 1 saturated heterocycles. The molecule has 1 fully saturated rings. The second-order valence-corrected chi connectivity index (χ2v) is 12.2. The van der Waals surface area contributed by atoms with E-state index in [1.807, 2.05) is 4.98 Å². The molecule has 0 amide bonds. The van der Waals surface area contributed by atoms with Crippen LogP contribution >= 0.6 is 18.2 Å². The summed E-state index contributed by atoms with van der Waals surface area (Å²) in [5.41, 5.74) is -3.96. The van der Waals surface area contributed by atoms with Crippen LogP contribution in [0.25, 0.3) is 0 Å². The van der Waals surface area contributed by atoms with E-state index in [0.717, 1.165) is 16.8 Å². The average molecular weight is 588 g/mol. The molecule has 4 N–H and O–H groups in total. The fourth-order valence-electron chi connectivity index (χ4n) is 3.47. The van der Waals surface area contributed by atoms with Gasteiger partial charge < -0.3 is 28.7 Å². The normalized spacial score (nSPS) is 25.4. The molecule has 0 saturated carbocycles. The summed E-state index contributed by atoms with van der Waals surface area (Å²) in [5.74, 6) is 1.73. The van der Waals surface area contributed by atoms with E-state index in [9.17, 15) is 24.6 Å². The molecule has 1 aliphatic heterocycles. The van der Waals surface area contributed by atoms with Crippen LogP contribution < -0.4 is 20.9 Å². The molecule has 38 heavy (non-hydrogen) atoms. The second kappa shape index (κ2) is 12.1. The Morgan fingerprint density at radius 3 is 2.58 bits per heavy atom. The van der Waals surface area contributed by atoms with E-state index in [1.54, 1.807) is 38.1 Å². The molecule has 3 rings (SSSR count). The van der Waals surface area contributed by atoms with Gasteiger partial charge in [-0.1, -0.05) is 17.5 Å². The molecule has 0 radical (unpaired) electrons. The zero-order valence-electron chi connectivity index (χ0n) is 20.6. The van der Waals surface area contributed by atoms with Crippen molar-refractivity contribution < 1.29 is 33.5 Å². The Bertz CT molecular complexity index is 1360. The number of carbonyl (C=O) groups excluding carboxylic acids is 1. The summed E-state index contributed by atoms with van der Waals surface area (Å²) in [6.45, 7) is 0.877. The van der Waals surface area contributed by atoms with Crippen molar-refractivity contribution in [3.8, 4) is 18.1 Å². The summed E-state index contributed by atoms with van der Waals surface area (Å²) in [4.78, 5) is 38.2. The maximum Gasteiger partial charge on any atom is 0.330 e. The maximum atomic E-state index is 12.4. The highest BCUT2D eigenvalue weighted by atomic mass is 35.5. The standard InChI is InChI=1S/C23H27ClN3O9PS/c1-5-23(32)19(29)17(35-21(23)27-11-10-18(28)25-22(27)31)12-33-37(38,26-14(4)20(30)34-13(2)3)36-16-8-6-15(24)7-9-16/h1,6-11,13-14,17,19,21,29,32H,12H2,2-4H3,(H,26,38)(H,25,28,31). The number of halogens is 1. The Morgan fingerprint density at radius 1 is 1.34 bits per heavy atom. The molecular formula is C23H27ClN3O9PS. The number of ether oxygens (including phenoxy) is 2. The molecule has 1 aliphatic rings. The lowest BCUT2D eigenvalue weighted by Crippen LogP contribution is -2.48. The minimum absolute atomic E-state index is 0.278. The zero-order valence-corrected chi connectivity index (χ0v) is 23.0. The van der Waals surface area contributed by atoms with Crippen LogP contribution in [0.1, 0.15) is 27.0 Å². The molecule has 12 nitrogen and oxygen atoms in total. The minimum Gasteiger partial charge on any atom is -0.462 e. The van der Waals surface area contributed by atoms with Crippen molar-refractivity contribution in [1.29, 1.82) is 0 Å². The summed E-state index contributed by atoms with van der Waals surface area (Å²) in [7, 11) is 0. The van der Waals surface area contributed by atoms with Gasteiger partial charge in [-0.25, -0.2) is 9.88 Å². The number of benzene rings is 1. The van der Waals surface area contributed by atoms with Gasteiger partial charge in [0.15, 0.2) is 11.8 Å². The first kappa shape index (κ1) is 30.0. The molecule has 2 aromatic rings. The van der Waals surface area contributed by atoms with Crippen molar-refractivity contribution in [3.05, 3.63) is 62.4 Å². The first-order chi connectivity index (χ1) is 17.8. The van der Waals surface area contributed by atoms with Gasteiger partial charge in [-0.15, -0.1) is 6.42 Å². The van der Waals surface area contributed by atoms with Gasteiger partial charge in [0.2, 0.25) is 0 Å². The van der Waals surface area contributed by atoms with Gasteiger partial charge in [0.1, 0.15) is 24.0 Å². The Kier molecular flexibility index (Phi) is 9.57. The Balaban J connectivity index is 1.85. The van der Waals surface area contributed by atoms with Crippen LogP contribution in [0.2, 0.25) is 5.02 Å². The molecular weight excluding hydrogens is 561 g/mol. The number of aliphatic hydroxyl groups excluding tert-OH is 1. The van der Waals surface area contributed by atoms with Gasteiger partial charge in [-0.2, -0.15) is 0 Å². The van der Waals surface area contributed by atoms with E-state index >= 15 is 0 Å². The molecule has 15 heteroatoms. The fraction of sp³-hybridized carbons (Fsp3) is 0.435. The number of aliphatic hydroxyl groups is 2. The van der Waals surface area contributed by atoms with Crippen molar-refractivity contribution >= 4 is 36.0 Å². The third-order valence-electron chi connectivity index (χ3n) is 5.32. The largest absolute Gasteiger partial charge is 0.462 e. The van der Waals surface area contributed by atoms with Gasteiger partial charge in [0.25, 0.3) is 5.56 Å². The van der Waals surface area contributed by atoms with Gasteiger partial charge in [-0.05, 0) is 56.8 Å². The summed E-state index contributed by atoms with van der Waals surface area (Å²) in [5, 5.41) is 25.1. The number of hydrogen-bond acceptors (Lipinski definition) is 10. The predicted molar refractivity (Wildman–Crippen MR) is 141 cm³/mol. The number of aromatic amines is 1. The SMILES string of the molecule is C#CC1(O)C(O)C(COP(=S)(NC(C)C(=O)OC(C)C)Oc2ccc(Cl)cc2)OC1n1ccc(=O)[nH]c1=O. The number of carbonyl (C=O) groups is 1.